The molecule has 1 amide bonds. The molecule has 0 aliphatic heterocycles. The van der Waals surface area contributed by atoms with E-state index < -0.39 is 5.97 Å². The molecule has 1 heterocycles. The van der Waals surface area contributed by atoms with Crippen molar-refractivity contribution in [1.82, 2.24) is 14.9 Å². The number of nitrogens with one attached hydrogen (secondary N) is 1. The highest BCUT2D eigenvalue weighted by atomic mass is 16.5. The van der Waals surface area contributed by atoms with E-state index in [0.29, 0.717) is 35.9 Å². The number of esters is 1. The van der Waals surface area contributed by atoms with Crippen LogP contribution in [0.3, 0.4) is 0 Å². The number of hydrogen-bond donors (Lipinski definition) is 1. The molecule has 7 nitrogen and oxygen atoms in total. The summed E-state index contributed by atoms with van der Waals surface area (Å²) in [5, 5.41) is 3.01. The number of carbonyl (C=O) groups excluding carboxylic acids is 2. The van der Waals surface area contributed by atoms with Crippen LogP contribution in [0.15, 0.2) is 36.7 Å². The van der Waals surface area contributed by atoms with E-state index in [1.807, 2.05) is 18.7 Å². The van der Waals surface area contributed by atoms with E-state index in [0.717, 1.165) is 12.8 Å². The molecule has 0 spiro atoms. The average Bonchev–Trinajstić information content (AvgIpc) is 2.67. The Kier molecular flexibility index (Phi) is 7.08. The molecule has 0 saturated heterocycles. The highest BCUT2D eigenvalue weighted by Gasteiger charge is 2.15. The van der Waals surface area contributed by atoms with Crippen LogP contribution in [0.25, 0.3) is 0 Å². The molecule has 0 radical (unpaired) electrons. The predicted molar refractivity (Wildman–Crippen MR) is 99.6 cm³/mol. The van der Waals surface area contributed by atoms with Crippen molar-refractivity contribution in [3.8, 4) is 0 Å². The Bertz CT molecular complexity index is 741. The predicted octanol–water partition coefficient (Wildman–Crippen LogP) is 3.27. The van der Waals surface area contributed by atoms with E-state index >= 15 is 0 Å². The standard InChI is InChI=1S/C19H24N4O3/c1-4-9-23(10-5-2)17(24)15-12-20-19(21-13-15)22-16-8-6-7-14(11-16)18(25)26-3/h6-8,11-13H,4-5,9-10H2,1-3H3,(H,20,21,22). The van der Waals surface area contributed by atoms with Gasteiger partial charge in [-0.2, -0.15) is 0 Å². The van der Waals surface area contributed by atoms with Gasteiger partial charge in [-0.3, -0.25) is 4.79 Å². The molecular weight excluding hydrogens is 332 g/mol. The van der Waals surface area contributed by atoms with Gasteiger partial charge < -0.3 is 15.0 Å². The Morgan fingerprint density at radius 1 is 1.08 bits per heavy atom. The molecule has 1 aromatic heterocycles. The molecule has 7 heteroatoms. The van der Waals surface area contributed by atoms with Gasteiger partial charge in [0.1, 0.15) is 0 Å². The number of nitrogens with zero attached hydrogens (tertiary/aromatic N) is 3. The van der Waals surface area contributed by atoms with Gasteiger partial charge in [-0.25, -0.2) is 14.8 Å². The van der Waals surface area contributed by atoms with E-state index in [9.17, 15) is 9.59 Å². The van der Waals surface area contributed by atoms with Crippen molar-refractivity contribution in [1.29, 1.82) is 0 Å². The molecule has 1 N–H and O–H groups in total. The molecular formula is C19H24N4O3. The quantitative estimate of drug-likeness (QED) is 0.731. The Balaban J connectivity index is 2.10. The van der Waals surface area contributed by atoms with Crippen LogP contribution in [-0.4, -0.2) is 46.9 Å². The molecule has 0 fully saturated rings. The number of aromatic nitrogens is 2. The van der Waals surface area contributed by atoms with Gasteiger partial charge in [0.25, 0.3) is 5.91 Å². The van der Waals surface area contributed by atoms with E-state index in [2.05, 4.69) is 15.3 Å². The van der Waals surface area contributed by atoms with Gasteiger partial charge in [-0.05, 0) is 31.0 Å². The molecule has 0 unspecified atom stereocenters. The maximum atomic E-state index is 12.5. The first-order valence-corrected chi connectivity index (χ1v) is 8.65. The van der Waals surface area contributed by atoms with Gasteiger partial charge in [-0.1, -0.05) is 19.9 Å². The third-order valence-electron chi connectivity index (χ3n) is 3.71. The smallest absolute Gasteiger partial charge is 0.337 e. The monoisotopic (exact) mass is 356 g/mol. The van der Waals surface area contributed by atoms with Crippen molar-refractivity contribution in [2.45, 2.75) is 26.7 Å². The Morgan fingerprint density at radius 2 is 1.73 bits per heavy atom. The van der Waals surface area contributed by atoms with Crippen molar-refractivity contribution in [3.63, 3.8) is 0 Å². The number of amides is 1. The first-order chi connectivity index (χ1) is 12.6. The van der Waals surface area contributed by atoms with Crippen LogP contribution in [0, 0.1) is 0 Å². The van der Waals surface area contributed by atoms with Crippen LogP contribution < -0.4 is 5.32 Å². The van der Waals surface area contributed by atoms with Crippen LogP contribution in [0.5, 0.6) is 0 Å². The first-order valence-electron chi connectivity index (χ1n) is 8.65. The summed E-state index contributed by atoms with van der Waals surface area (Å²) in [4.78, 5) is 34.3. The first kappa shape index (κ1) is 19.4. The van der Waals surface area contributed by atoms with E-state index in [-0.39, 0.29) is 5.91 Å². The molecule has 0 atom stereocenters. The molecule has 0 aliphatic rings. The second kappa shape index (κ2) is 9.50. The lowest BCUT2D eigenvalue weighted by molar-refractivity contribution is 0.0600. The molecule has 0 saturated carbocycles. The fourth-order valence-electron chi connectivity index (χ4n) is 2.51. The number of ether oxygens (including phenoxy) is 1. The summed E-state index contributed by atoms with van der Waals surface area (Å²) < 4.78 is 4.71. The average molecular weight is 356 g/mol. The number of hydrogen-bond acceptors (Lipinski definition) is 6. The minimum atomic E-state index is -0.414. The van der Waals surface area contributed by atoms with Gasteiger partial charge in [0, 0.05) is 31.2 Å². The Labute approximate surface area is 153 Å². The largest absolute Gasteiger partial charge is 0.465 e. The maximum Gasteiger partial charge on any atom is 0.337 e. The lowest BCUT2D eigenvalue weighted by Gasteiger charge is -2.21. The highest BCUT2D eigenvalue weighted by Crippen LogP contribution is 2.16. The number of methoxy groups -OCH3 is 1. The topological polar surface area (TPSA) is 84.4 Å². The van der Waals surface area contributed by atoms with Crippen molar-refractivity contribution in [2.24, 2.45) is 0 Å². The minimum Gasteiger partial charge on any atom is -0.465 e. The number of anilines is 2. The van der Waals surface area contributed by atoms with Crippen LogP contribution in [0.4, 0.5) is 11.6 Å². The van der Waals surface area contributed by atoms with Gasteiger partial charge in [-0.15, -0.1) is 0 Å². The van der Waals surface area contributed by atoms with E-state index in [1.54, 1.807) is 24.3 Å². The van der Waals surface area contributed by atoms with Crippen LogP contribution in [-0.2, 0) is 4.74 Å². The van der Waals surface area contributed by atoms with Crippen LogP contribution in [0.1, 0.15) is 47.4 Å². The second-order valence-electron chi connectivity index (χ2n) is 5.78. The molecule has 0 aliphatic carbocycles. The summed E-state index contributed by atoms with van der Waals surface area (Å²) in [6.07, 6.45) is 4.84. The summed E-state index contributed by atoms with van der Waals surface area (Å²) in [6.45, 7) is 5.52. The lowest BCUT2D eigenvalue weighted by atomic mass is 10.2. The van der Waals surface area contributed by atoms with Crippen molar-refractivity contribution in [2.75, 3.05) is 25.5 Å². The Hall–Kier alpha value is -2.96. The van der Waals surface area contributed by atoms with E-state index in [4.69, 9.17) is 4.74 Å². The maximum absolute atomic E-state index is 12.5. The van der Waals surface area contributed by atoms with Crippen LogP contribution in [0.2, 0.25) is 0 Å². The lowest BCUT2D eigenvalue weighted by Crippen LogP contribution is -2.32. The van der Waals surface area contributed by atoms with Gasteiger partial charge in [0.15, 0.2) is 0 Å². The Morgan fingerprint density at radius 3 is 2.31 bits per heavy atom. The van der Waals surface area contributed by atoms with Crippen LogP contribution >= 0.6 is 0 Å². The fourth-order valence-corrected chi connectivity index (χ4v) is 2.51. The summed E-state index contributed by atoms with van der Waals surface area (Å²) in [5.41, 5.74) is 1.55. The summed E-state index contributed by atoms with van der Waals surface area (Å²) in [5.74, 6) is -0.128. The molecule has 138 valence electrons. The number of benzene rings is 1. The van der Waals surface area contributed by atoms with Crippen molar-refractivity contribution < 1.29 is 14.3 Å². The van der Waals surface area contributed by atoms with E-state index in [1.165, 1.54) is 19.5 Å². The summed E-state index contributed by atoms with van der Waals surface area (Å²) in [6, 6.07) is 6.84. The highest BCUT2D eigenvalue weighted by molar-refractivity contribution is 5.93. The normalized spacial score (nSPS) is 10.3. The fraction of sp³-hybridized carbons (Fsp3) is 0.368. The molecule has 2 rings (SSSR count). The third kappa shape index (κ3) is 5.02. The summed E-state index contributed by atoms with van der Waals surface area (Å²) >= 11 is 0. The van der Waals surface area contributed by atoms with Gasteiger partial charge in [0.2, 0.25) is 5.95 Å². The molecule has 26 heavy (non-hydrogen) atoms. The third-order valence-corrected chi connectivity index (χ3v) is 3.71. The van der Waals surface area contributed by atoms with Crippen molar-refractivity contribution >= 4 is 23.5 Å². The minimum absolute atomic E-state index is 0.0621. The molecule has 1 aromatic carbocycles. The molecule has 0 bridgehead atoms. The van der Waals surface area contributed by atoms with Gasteiger partial charge in [0.05, 0.1) is 18.2 Å². The number of carbonyl (C=O) groups is 2. The zero-order valence-electron chi connectivity index (χ0n) is 15.4. The van der Waals surface area contributed by atoms with Gasteiger partial charge >= 0.3 is 5.97 Å². The SMILES string of the molecule is CCCN(CCC)C(=O)c1cnc(Nc2cccc(C(=O)OC)c2)nc1. The zero-order valence-corrected chi connectivity index (χ0v) is 15.4. The second-order valence-corrected chi connectivity index (χ2v) is 5.78. The molecule has 2 aromatic rings. The van der Waals surface area contributed by atoms with Crippen molar-refractivity contribution in [3.05, 3.63) is 47.8 Å². The number of rotatable bonds is 8. The summed E-state index contributed by atoms with van der Waals surface area (Å²) in [7, 11) is 1.33. The zero-order chi connectivity index (χ0) is 18.9.